The number of rotatable bonds is 16. The zero-order chi connectivity index (χ0) is 29.7. The maximum atomic E-state index is 13.7. The highest BCUT2D eigenvalue weighted by Gasteiger charge is 2.36. The van der Waals surface area contributed by atoms with Crippen LogP contribution in [0.4, 0.5) is 0 Å². The van der Waals surface area contributed by atoms with Gasteiger partial charge in [0, 0.05) is 49.3 Å². The van der Waals surface area contributed by atoms with Gasteiger partial charge in [0.2, 0.25) is 13.3 Å². The van der Waals surface area contributed by atoms with E-state index in [2.05, 4.69) is 24.5 Å². The van der Waals surface area contributed by atoms with Gasteiger partial charge in [-0.25, -0.2) is 0 Å². The molecule has 0 aliphatic rings. The first-order valence-corrected chi connectivity index (χ1v) is 16.2. The van der Waals surface area contributed by atoms with E-state index in [-0.39, 0.29) is 30.0 Å². The Kier molecular flexibility index (Phi) is 13.6. The molecule has 0 fully saturated rings. The number of hydrogen-bond donors (Lipinski definition) is 3. The minimum absolute atomic E-state index is 0.126. The molecule has 220 valence electrons. The van der Waals surface area contributed by atoms with Crippen molar-refractivity contribution in [3.8, 4) is 0 Å². The molecule has 3 amide bonds. The lowest BCUT2D eigenvalue weighted by atomic mass is 10.1. The summed E-state index contributed by atoms with van der Waals surface area (Å²) in [5, 5.41) is 5.60. The third-order valence-corrected chi connectivity index (χ3v) is 9.06. The molecule has 0 aliphatic heterocycles. The molecule has 0 heterocycles. The normalized spacial score (nSPS) is 14.2. The maximum Gasteiger partial charge on any atom is 0.253 e. The maximum absolute atomic E-state index is 13.7. The van der Waals surface area contributed by atoms with Gasteiger partial charge >= 0.3 is 0 Å². The second-order valence-corrected chi connectivity index (χ2v) is 13.4. The Hall–Kier alpha value is -2.96. The van der Waals surface area contributed by atoms with Crippen molar-refractivity contribution in [1.29, 1.82) is 0 Å². The minimum Gasteiger partial charge on any atom is -0.356 e. The van der Waals surface area contributed by atoms with Crippen molar-refractivity contribution in [3.05, 3.63) is 71.3 Å². The molecule has 2 aromatic rings. The van der Waals surface area contributed by atoms with Gasteiger partial charge in [-0.2, -0.15) is 0 Å². The van der Waals surface area contributed by atoms with E-state index in [9.17, 15) is 23.8 Å². The topological polar surface area (TPSA) is 116 Å². The number of benzene rings is 2. The molecule has 0 saturated carbocycles. The molecular formula is C31H46N3O5P. The summed E-state index contributed by atoms with van der Waals surface area (Å²) in [6.45, 7) is 11.5. The fraction of sp³-hybridized carbons (Fsp3) is 0.516. The third kappa shape index (κ3) is 10.5. The number of nitrogens with one attached hydrogen (secondary N) is 2. The Balaban J connectivity index is 2.25. The number of amides is 3. The monoisotopic (exact) mass is 571 g/mol. The Morgan fingerprint density at radius 2 is 1.55 bits per heavy atom. The van der Waals surface area contributed by atoms with Gasteiger partial charge in [-0.15, -0.1) is 0 Å². The van der Waals surface area contributed by atoms with E-state index in [0.29, 0.717) is 31.1 Å². The van der Waals surface area contributed by atoms with Crippen LogP contribution in [0.3, 0.4) is 0 Å². The van der Waals surface area contributed by atoms with E-state index in [4.69, 9.17) is 0 Å². The summed E-state index contributed by atoms with van der Waals surface area (Å²) in [4.78, 5) is 52.0. The second-order valence-electron chi connectivity index (χ2n) is 10.9. The van der Waals surface area contributed by atoms with E-state index >= 15 is 0 Å². The summed E-state index contributed by atoms with van der Waals surface area (Å²) in [5.41, 5.74) is 1.42. The van der Waals surface area contributed by atoms with Gasteiger partial charge in [0.25, 0.3) is 11.8 Å². The Morgan fingerprint density at radius 3 is 2.15 bits per heavy atom. The molecule has 0 aliphatic carbocycles. The zero-order valence-electron chi connectivity index (χ0n) is 24.6. The van der Waals surface area contributed by atoms with E-state index in [1.165, 1.54) is 6.07 Å². The Labute approximate surface area is 239 Å². The van der Waals surface area contributed by atoms with Crippen molar-refractivity contribution < 1.29 is 23.8 Å². The van der Waals surface area contributed by atoms with Crippen LogP contribution in [0, 0.1) is 11.8 Å². The zero-order valence-corrected chi connectivity index (χ0v) is 25.5. The van der Waals surface area contributed by atoms with E-state index in [0.717, 1.165) is 24.8 Å². The van der Waals surface area contributed by atoms with Crippen LogP contribution in [0.25, 0.3) is 0 Å². The van der Waals surface area contributed by atoms with Crippen LogP contribution < -0.4 is 10.6 Å². The van der Waals surface area contributed by atoms with Crippen molar-refractivity contribution in [3.63, 3.8) is 0 Å². The standard InChI is InChI=1S/C31H46N3O5P/c1-6-18-34(19-7-2)31(37)27-15-11-14-26(21-27)30(36)33-28(20-25-12-9-8-10-13-25)40(38,39)22-24(5)29(35)32-17-16-23(3)4/h8-15,21,23-24,28H,6-7,16-20,22H2,1-5H3,(H,32,35)(H,33,36)(H,38,39)/t24?,28-/m1/s1. The van der Waals surface area contributed by atoms with Gasteiger partial charge < -0.3 is 20.4 Å². The highest BCUT2D eigenvalue weighted by molar-refractivity contribution is 7.58. The number of hydrogen-bond acceptors (Lipinski definition) is 4. The summed E-state index contributed by atoms with van der Waals surface area (Å²) >= 11 is 0. The predicted octanol–water partition coefficient (Wildman–Crippen LogP) is 5.32. The predicted molar refractivity (Wildman–Crippen MR) is 161 cm³/mol. The van der Waals surface area contributed by atoms with E-state index in [1.807, 2.05) is 44.2 Å². The fourth-order valence-electron chi connectivity index (χ4n) is 4.46. The highest BCUT2D eigenvalue weighted by atomic mass is 31.2. The molecule has 3 atom stereocenters. The average Bonchev–Trinajstić information content (AvgIpc) is 2.92. The van der Waals surface area contributed by atoms with Crippen LogP contribution in [0.5, 0.6) is 0 Å². The van der Waals surface area contributed by atoms with Crippen LogP contribution in [0.2, 0.25) is 0 Å². The van der Waals surface area contributed by atoms with E-state index in [1.54, 1.807) is 30.0 Å². The first-order valence-electron chi connectivity index (χ1n) is 14.3. The van der Waals surface area contributed by atoms with Crippen molar-refractivity contribution in [2.75, 3.05) is 25.8 Å². The third-order valence-electron chi connectivity index (χ3n) is 6.71. The lowest BCUT2D eigenvalue weighted by Gasteiger charge is -2.26. The Morgan fingerprint density at radius 1 is 0.925 bits per heavy atom. The summed E-state index contributed by atoms with van der Waals surface area (Å²) in [6, 6.07) is 15.6. The molecule has 2 aromatic carbocycles. The first kappa shape index (κ1) is 33.2. The van der Waals surface area contributed by atoms with Crippen LogP contribution in [0.1, 0.15) is 80.2 Å². The van der Waals surface area contributed by atoms with Gasteiger partial charge in [0.15, 0.2) is 0 Å². The van der Waals surface area contributed by atoms with Gasteiger partial charge in [-0.3, -0.25) is 18.9 Å². The van der Waals surface area contributed by atoms with Gasteiger partial charge in [0.05, 0.1) is 0 Å². The molecule has 40 heavy (non-hydrogen) atoms. The quantitative estimate of drug-likeness (QED) is 0.236. The smallest absolute Gasteiger partial charge is 0.253 e. The molecule has 0 spiro atoms. The molecule has 9 heteroatoms. The van der Waals surface area contributed by atoms with Crippen LogP contribution in [-0.4, -0.2) is 59.1 Å². The molecule has 2 unspecified atom stereocenters. The van der Waals surface area contributed by atoms with Crippen molar-refractivity contribution >= 4 is 25.1 Å². The second kappa shape index (κ2) is 16.3. The van der Waals surface area contributed by atoms with Gasteiger partial charge in [0.1, 0.15) is 5.78 Å². The molecular weight excluding hydrogens is 525 g/mol. The molecule has 0 bridgehead atoms. The fourth-order valence-corrected chi connectivity index (χ4v) is 6.48. The number of carbonyl (C=O) groups excluding carboxylic acids is 3. The highest BCUT2D eigenvalue weighted by Crippen LogP contribution is 2.48. The summed E-state index contributed by atoms with van der Waals surface area (Å²) < 4.78 is 13.7. The summed E-state index contributed by atoms with van der Waals surface area (Å²) in [5.74, 6) is -2.36. The SMILES string of the molecule is CCCN(CCC)C(=O)c1cccc(C(=O)N[C@@H](Cc2ccccc2)P(=O)(O)CC(C)C(=O)NCCC(C)C)c1. The largest absolute Gasteiger partial charge is 0.356 e. The van der Waals surface area contributed by atoms with Crippen LogP contribution in [0.15, 0.2) is 54.6 Å². The van der Waals surface area contributed by atoms with Crippen LogP contribution >= 0.6 is 7.37 Å². The lowest BCUT2D eigenvalue weighted by molar-refractivity contribution is -0.123. The Bertz CT molecular complexity index is 1150. The van der Waals surface area contributed by atoms with Gasteiger partial charge in [-0.1, -0.05) is 71.0 Å². The first-order chi connectivity index (χ1) is 19.0. The lowest BCUT2D eigenvalue weighted by Crippen LogP contribution is -2.39. The van der Waals surface area contributed by atoms with E-state index < -0.39 is 25.0 Å². The molecule has 3 N–H and O–H groups in total. The van der Waals surface area contributed by atoms with Crippen LogP contribution in [-0.2, 0) is 15.8 Å². The average molecular weight is 572 g/mol. The number of nitrogens with zero attached hydrogens (tertiary/aromatic N) is 1. The molecule has 0 radical (unpaired) electrons. The molecule has 8 nitrogen and oxygen atoms in total. The summed E-state index contributed by atoms with van der Waals surface area (Å²) in [7, 11) is -4.04. The number of carbonyl (C=O) groups is 3. The van der Waals surface area contributed by atoms with Crippen molar-refractivity contribution in [1.82, 2.24) is 15.5 Å². The van der Waals surface area contributed by atoms with Crippen molar-refractivity contribution in [2.45, 2.75) is 66.1 Å². The van der Waals surface area contributed by atoms with Crippen molar-refractivity contribution in [2.24, 2.45) is 11.8 Å². The summed E-state index contributed by atoms with van der Waals surface area (Å²) in [6.07, 6.45) is 2.33. The minimum atomic E-state index is -4.04. The molecule has 2 rings (SSSR count). The van der Waals surface area contributed by atoms with Gasteiger partial charge in [-0.05, 0) is 48.9 Å². The molecule has 0 saturated heterocycles. The molecule has 0 aromatic heterocycles.